The van der Waals surface area contributed by atoms with E-state index in [-0.39, 0.29) is 12.5 Å². The molecule has 0 bridgehead atoms. The molecule has 2 N–H and O–H groups in total. The van der Waals surface area contributed by atoms with E-state index < -0.39 is 6.10 Å². The van der Waals surface area contributed by atoms with Crippen molar-refractivity contribution in [3.63, 3.8) is 0 Å². The van der Waals surface area contributed by atoms with E-state index in [0.29, 0.717) is 23.0 Å². The second-order valence-electron chi connectivity index (χ2n) is 7.79. The van der Waals surface area contributed by atoms with Crippen molar-refractivity contribution in [2.24, 2.45) is 0 Å². The zero-order chi connectivity index (χ0) is 22.3. The molecule has 0 aliphatic carbocycles. The Morgan fingerprint density at radius 3 is 2.97 bits per heavy atom. The molecule has 1 amide bonds. The van der Waals surface area contributed by atoms with Gasteiger partial charge in [-0.25, -0.2) is 0 Å². The number of nitrogens with one attached hydrogen (secondary N) is 2. The molecule has 1 aromatic heterocycles. The third-order valence-electron chi connectivity index (χ3n) is 5.35. The number of tetrazole rings is 1. The molecule has 0 spiro atoms. The fourth-order valence-electron chi connectivity index (χ4n) is 3.62. The summed E-state index contributed by atoms with van der Waals surface area (Å²) in [7, 11) is 0. The Balaban J connectivity index is 1.42. The highest BCUT2D eigenvalue weighted by Crippen LogP contribution is 2.41. The van der Waals surface area contributed by atoms with E-state index in [0.717, 1.165) is 17.5 Å². The molecule has 1 unspecified atom stereocenters. The van der Waals surface area contributed by atoms with Crippen molar-refractivity contribution in [2.75, 3.05) is 11.9 Å². The predicted molar refractivity (Wildman–Crippen MR) is 122 cm³/mol. The Morgan fingerprint density at radius 1 is 1.28 bits per heavy atom. The highest BCUT2D eigenvalue weighted by Gasteiger charge is 2.28. The van der Waals surface area contributed by atoms with Crippen LogP contribution in [0.2, 0.25) is 0 Å². The van der Waals surface area contributed by atoms with Gasteiger partial charge in [0.2, 0.25) is 11.7 Å². The number of fused-ring (bicyclic) bond motifs is 1. The molecular formula is C24H27N5O3. The van der Waals surface area contributed by atoms with Crippen molar-refractivity contribution in [3.8, 4) is 11.5 Å². The fraction of sp³-hybridized carbons (Fsp3) is 0.333. The van der Waals surface area contributed by atoms with E-state index in [1.807, 2.05) is 6.08 Å². The number of carbonyl (C=O) groups excluding carboxylic acids is 1. The van der Waals surface area contributed by atoms with Crippen molar-refractivity contribution in [3.05, 3.63) is 65.0 Å². The van der Waals surface area contributed by atoms with E-state index in [9.17, 15) is 4.79 Å². The molecule has 2 aromatic carbocycles. The summed E-state index contributed by atoms with van der Waals surface area (Å²) in [5, 5.41) is 16.7. The maximum absolute atomic E-state index is 12.6. The first-order valence-electron chi connectivity index (χ1n) is 10.9. The van der Waals surface area contributed by atoms with Crippen LogP contribution in [0, 0.1) is 6.92 Å². The number of aromatic amines is 1. The molecule has 2 heterocycles. The van der Waals surface area contributed by atoms with Crippen molar-refractivity contribution in [2.45, 2.75) is 45.6 Å². The number of para-hydroxylation sites is 1. The minimum atomic E-state index is -0.506. The van der Waals surface area contributed by atoms with Gasteiger partial charge in [0, 0.05) is 6.08 Å². The van der Waals surface area contributed by atoms with Crippen molar-refractivity contribution in [1.29, 1.82) is 0 Å². The molecule has 0 saturated heterocycles. The number of unbranched alkanes of at least 4 members (excludes halogenated alkanes) is 2. The maximum atomic E-state index is 12.6. The monoisotopic (exact) mass is 433 g/mol. The third kappa shape index (κ3) is 5.14. The molecule has 8 heteroatoms. The lowest BCUT2D eigenvalue weighted by atomic mass is 10.0. The molecule has 32 heavy (non-hydrogen) atoms. The normalized spacial score (nSPS) is 15.1. The lowest BCUT2D eigenvalue weighted by molar-refractivity contribution is -0.111. The number of amides is 1. The van der Waals surface area contributed by atoms with Crippen molar-refractivity contribution < 1.29 is 14.3 Å². The van der Waals surface area contributed by atoms with Crippen LogP contribution in [0.25, 0.3) is 6.08 Å². The van der Waals surface area contributed by atoms with E-state index >= 15 is 0 Å². The van der Waals surface area contributed by atoms with Gasteiger partial charge in [0.15, 0.2) is 17.6 Å². The van der Waals surface area contributed by atoms with Crippen LogP contribution in [0.5, 0.6) is 11.5 Å². The standard InChI is InChI=1S/C24H27N5O3/c1-3-4-5-7-17-10-11-18(16(2)14-17)12-13-22(30)25-19-8-6-9-20-23(19)32-21(15-31-20)24-26-28-29-27-24/h6,8-14,21H,3-5,7,15H2,1-2H3,(H,25,30)(H,26,27,28,29)/b13-12+. The Morgan fingerprint density at radius 2 is 2.19 bits per heavy atom. The molecule has 8 nitrogen and oxygen atoms in total. The van der Waals surface area contributed by atoms with Gasteiger partial charge < -0.3 is 14.8 Å². The number of ether oxygens (including phenoxy) is 2. The topological polar surface area (TPSA) is 102 Å². The summed E-state index contributed by atoms with van der Waals surface area (Å²) in [6, 6.07) is 11.8. The minimum Gasteiger partial charge on any atom is -0.485 e. The summed E-state index contributed by atoms with van der Waals surface area (Å²) >= 11 is 0. The second kappa shape index (κ2) is 10.1. The third-order valence-corrected chi connectivity index (χ3v) is 5.35. The van der Waals surface area contributed by atoms with Crippen LogP contribution >= 0.6 is 0 Å². The second-order valence-corrected chi connectivity index (χ2v) is 7.79. The van der Waals surface area contributed by atoms with Crippen LogP contribution < -0.4 is 14.8 Å². The van der Waals surface area contributed by atoms with E-state index in [1.165, 1.54) is 30.9 Å². The Kier molecular flexibility index (Phi) is 6.79. The largest absolute Gasteiger partial charge is 0.485 e. The molecule has 0 saturated carbocycles. The van der Waals surface area contributed by atoms with Crippen LogP contribution in [0.3, 0.4) is 0 Å². The predicted octanol–water partition coefficient (Wildman–Crippen LogP) is 4.41. The lowest BCUT2D eigenvalue weighted by Crippen LogP contribution is -2.24. The molecule has 4 rings (SSSR count). The smallest absolute Gasteiger partial charge is 0.248 e. The number of benzene rings is 2. The molecule has 1 atom stereocenters. The van der Waals surface area contributed by atoms with Gasteiger partial charge in [0.05, 0.1) is 5.69 Å². The average molecular weight is 434 g/mol. The number of H-pyrrole nitrogens is 1. The van der Waals surface area contributed by atoms with Crippen LogP contribution in [0.4, 0.5) is 5.69 Å². The molecule has 1 aliphatic heterocycles. The number of rotatable bonds is 8. The van der Waals surface area contributed by atoms with Crippen LogP contribution in [0.15, 0.2) is 42.5 Å². The number of carbonyl (C=O) groups is 1. The van der Waals surface area contributed by atoms with Crippen molar-refractivity contribution >= 4 is 17.7 Å². The van der Waals surface area contributed by atoms with Crippen LogP contribution in [-0.4, -0.2) is 33.1 Å². The van der Waals surface area contributed by atoms with Gasteiger partial charge >= 0.3 is 0 Å². The summed E-state index contributed by atoms with van der Waals surface area (Å²) < 4.78 is 11.8. The van der Waals surface area contributed by atoms with Gasteiger partial charge in [-0.3, -0.25) is 4.79 Å². The van der Waals surface area contributed by atoms with Crippen molar-refractivity contribution in [1.82, 2.24) is 20.6 Å². The van der Waals surface area contributed by atoms with E-state index in [4.69, 9.17) is 9.47 Å². The zero-order valence-electron chi connectivity index (χ0n) is 18.3. The summed E-state index contributed by atoms with van der Waals surface area (Å²) in [6.45, 7) is 4.54. The number of nitrogens with zero attached hydrogens (tertiary/aromatic N) is 3. The molecule has 166 valence electrons. The van der Waals surface area contributed by atoms with Crippen LogP contribution in [0.1, 0.15) is 54.8 Å². The summed E-state index contributed by atoms with van der Waals surface area (Å²) in [6.07, 6.45) is 7.60. The molecule has 0 radical (unpaired) electrons. The van der Waals surface area contributed by atoms with Crippen LogP contribution in [-0.2, 0) is 11.2 Å². The minimum absolute atomic E-state index is 0.255. The van der Waals surface area contributed by atoms with Gasteiger partial charge in [-0.15, -0.1) is 10.2 Å². The molecule has 1 aliphatic rings. The first-order valence-corrected chi connectivity index (χ1v) is 10.9. The molecule has 3 aromatic rings. The summed E-state index contributed by atoms with van der Waals surface area (Å²) in [5.74, 6) is 1.14. The maximum Gasteiger partial charge on any atom is 0.248 e. The quantitative estimate of drug-likeness (QED) is 0.403. The molecule has 0 fully saturated rings. The van der Waals surface area contributed by atoms with Gasteiger partial charge in [0.25, 0.3) is 0 Å². The Labute approximate surface area is 187 Å². The van der Waals surface area contributed by atoms with Gasteiger partial charge in [-0.1, -0.05) is 49.2 Å². The highest BCUT2D eigenvalue weighted by atomic mass is 16.6. The SMILES string of the molecule is CCCCCc1ccc(/C=C/C(=O)Nc2cccc3c2OC(c2nn[nH]n2)CO3)c(C)c1. The zero-order valence-corrected chi connectivity index (χ0v) is 18.3. The Hall–Kier alpha value is -3.68. The lowest BCUT2D eigenvalue weighted by Gasteiger charge is -2.26. The first-order chi connectivity index (χ1) is 15.6. The molecular weight excluding hydrogens is 406 g/mol. The first kappa shape index (κ1) is 21.5. The number of hydrogen-bond acceptors (Lipinski definition) is 6. The van der Waals surface area contributed by atoms with E-state index in [2.05, 4.69) is 58.0 Å². The van der Waals surface area contributed by atoms with Gasteiger partial charge in [0.1, 0.15) is 6.61 Å². The summed E-state index contributed by atoms with van der Waals surface area (Å²) in [4.78, 5) is 12.6. The number of hydrogen-bond donors (Lipinski definition) is 2. The fourth-order valence-corrected chi connectivity index (χ4v) is 3.62. The number of aryl methyl sites for hydroxylation is 2. The van der Waals surface area contributed by atoms with E-state index in [1.54, 1.807) is 18.2 Å². The van der Waals surface area contributed by atoms with Gasteiger partial charge in [-0.2, -0.15) is 5.21 Å². The number of anilines is 1. The highest BCUT2D eigenvalue weighted by molar-refractivity contribution is 6.03. The number of aromatic nitrogens is 4. The van der Waals surface area contributed by atoms with Gasteiger partial charge in [-0.05, 0) is 54.7 Å². The summed E-state index contributed by atoms with van der Waals surface area (Å²) in [5.41, 5.74) is 4.03. The Bertz CT molecular complexity index is 1100. The average Bonchev–Trinajstić information content (AvgIpc) is 3.34.